The highest BCUT2D eigenvalue weighted by Gasteiger charge is 2.15. The molecule has 0 aromatic heterocycles. The van der Waals surface area contributed by atoms with Gasteiger partial charge in [0.2, 0.25) is 12.7 Å². The van der Waals surface area contributed by atoms with E-state index >= 15 is 0 Å². The molecule has 1 amide bonds. The molecule has 3 rings (SSSR count). The van der Waals surface area contributed by atoms with Gasteiger partial charge in [0, 0.05) is 15.8 Å². The first-order valence-electron chi connectivity index (χ1n) is 7.67. The van der Waals surface area contributed by atoms with Crippen LogP contribution < -0.4 is 14.9 Å². The summed E-state index contributed by atoms with van der Waals surface area (Å²) in [7, 11) is 0. The fourth-order valence-corrected chi connectivity index (χ4v) is 3.58. The number of thioether (sulfide) groups is 1. The monoisotopic (exact) mass is 420 g/mol. The summed E-state index contributed by atoms with van der Waals surface area (Å²) < 4.78 is 11.5. The van der Waals surface area contributed by atoms with Crippen molar-refractivity contribution in [3.05, 3.63) is 57.6 Å². The summed E-state index contributed by atoms with van der Waals surface area (Å²) in [6, 6.07) is 11.8. The molecule has 0 fully saturated rings. The molecule has 0 spiro atoms. The van der Waals surface area contributed by atoms with Crippen molar-refractivity contribution in [1.29, 1.82) is 0 Å². The van der Waals surface area contributed by atoms with Crippen LogP contribution in [-0.4, -0.2) is 24.7 Å². The standard InChI is InChI=1S/C18H17BrN2O3S/c1-12-4-2-3-5-13(12)9-25-10-18(22)21-20-8-14-6-16-17(7-15(14)19)24-11-23-16/h2-8H,9-11H2,1H3,(H,21,22)/b20-8+. The Kier molecular flexibility index (Phi) is 5.99. The van der Waals surface area contributed by atoms with Crippen molar-refractivity contribution in [2.75, 3.05) is 12.5 Å². The van der Waals surface area contributed by atoms with E-state index in [4.69, 9.17) is 9.47 Å². The second-order valence-corrected chi connectivity index (χ2v) is 7.28. The number of hydrogen-bond acceptors (Lipinski definition) is 5. The number of aryl methyl sites for hydroxylation is 1. The summed E-state index contributed by atoms with van der Waals surface area (Å²) in [6.45, 7) is 2.29. The number of amides is 1. The van der Waals surface area contributed by atoms with E-state index in [1.165, 1.54) is 11.1 Å². The van der Waals surface area contributed by atoms with Gasteiger partial charge in [0.1, 0.15) is 0 Å². The van der Waals surface area contributed by atoms with E-state index in [9.17, 15) is 4.79 Å². The van der Waals surface area contributed by atoms with Crippen LogP contribution in [0.5, 0.6) is 11.5 Å². The number of carbonyl (C=O) groups excluding carboxylic acids is 1. The van der Waals surface area contributed by atoms with Crippen LogP contribution in [0.3, 0.4) is 0 Å². The Balaban J connectivity index is 1.47. The smallest absolute Gasteiger partial charge is 0.250 e. The van der Waals surface area contributed by atoms with Crippen molar-refractivity contribution in [3.63, 3.8) is 0 Å². The van der Waals surface area contributed by atoms with E-state index in [0.29, 0.717) is 17.3 Å². The van der Waals surface area contributed by atoms with E-state index in [2.05, 4.69) is 45.5 Å². The topological polar surface area (TPSA) is 59.9 Å². The highest BCUT2D eigenvalue weighted by molar-refractivity contribution is 9.10. The highest BCUT2D eigenvalue weighted by atomic mass is 79.9. The number of nitrogens with zero attached hydrogens (tertiary/aromatic N) is 1. The zero-order valence-corrected chi connectivity index (χ0v) is 16.0. The Morgan fingerprint density at radius 1 is 1.32 bits per heavy atom. The van der Waals surface area contributed by atoms with Crippen molar-refractivity contribution in [2.24, 2.45) is 5.10 Å². The molecule has 1 N–H and O–H groups in total. The lowest BCUT2D eigenvalue weighted by molar-refractivity contribution is -0.118. The number of ether oxygens (including phenoxy) is 2. The van der Waals surface area contributed by atoms with Gasteiger partial charge in [-0.3, -0.25) is 4.79 Å². The number of fused-ring (bicyclic) bond motifs is 1. The van der Waals surface area contributed by atoms with Gasteiger partial charge >= 0.3 is 0 Å². The molecule has 7 heteroatoms. The van der Waals surface area contributed by atoms with Gasteiger partial charge in [-0.05, 0) is 46.1 Å². The molecule has 25 heavy (non-hydrogen) atoms. The zero-order valence-electron chi connectivity index (χ0n) is 13.6. The van der Waals surface area contributed by atoms with Crippen molar-refractivity contribution < 1.29 is 14.3 Å². The fraction of sp³-hybridized carbons (Fsp3) is 0.222. The maximum atomic E-state index is 11.9. The average Bonchev–Trinajstić information content (AvgIpc) is 3.04. The van der Waals surface area contributed by atoms with Crippen LogP contribution >= 0.6 is 27.7 Å². The van der Waals surface area contributed by atoms with Gasteiger partial charge < -0.3 is 9.47 Å². The number of rotatable bonds is 6. The summed E-state index contributed by atoms with van der Waals surface area (Å²) in [4.78, 5) is 11.9. The second kappa shape index (κ2) is 8.40. The zero-order chi connectivity index (χ0) is 17.6. The minimum Gasteiger partial charge on any atom is -0.454 e. The third-order valence-electron chi connectivity index (χ3n) is 3.64. The molecule has 1 aliphatic heterocycles. The maximum Gasteiger partial charge on any atom is 0.250 e. The van der Waals surface area contributed by atoms with Crippen LogP contribution in [0.4, 0.5) is 0 Å². The number of halogens is 1. The van der Waals surface area contributed by atoms with Gasteiger partial charge in [0.15, 0.2) is 11.5 Å². The first-order chi connectivity index (χ1) is 12.1. The summed E-state index contributed by atoms with van der Waals surface area (Å²) in [5.41, 5.74) is 5.83. The Hall–Kier alpha value is -1.99. The fourth-order valence-electron chi connectivity index (χ4n) is 2.26. The molecule has 0 saturated carbocycles. The number of nitrogens with one attached hydrogen (secondary N) is 1. The first kappa shape index (κ1) is 17.8. The molecule has 0 saturated heterocycles. The van der Waals surface area contributed by atoms with Crippen molar-refractivity contribution in [3.8, 4) is 11.5 Å². The van der Waals surface area contributed by atoms with E-state index in [1.54, 1.807) is 18.0 Å². The summed E-state index contributed by atoms with van der Waals surface area (Å²) >= 11 is 5.01. The van der Waals surface area contributed by atoms with E-state index in [-0.39, 0.29) is 12.7 Å². The number of carbonyl (C=O) groups is 1. The van der Waals surface area contributed by atoms with Gasteiger partial charge in [0.05, 0.1) is 12.0 Å². The molecule has 0 aliphatic carbocycles. The summed E-state index contributed by atoms with van der Waals surface area (Å²) in [6.07, 6.45) is 1.58. The Morgan fingerprint density at radius 2 is 2.08 bits per heavy atom. The lowest BCUT2D eigenvalue weighted by Gasteiger charge is -2.05. The van der Waals surface area contributed by atoms with Crippen molar-refractivity contribution in [1.82, 2.24) is 5.43 Å². The van der Waals surface area contributed by atoms with Crippen LogP contribution in [-0.2, 0) is 10.5 Å². The molecule has 0 unspecified atom stereocenters. The second-order valence-electron chi connectivity index (χ2n) is 5.44. The lowest BCUT2D eigenvalue weighted by Crippen LogP contribution is -2.19. The molecular weight excluding hydrogens is 404 g/mol. The molecule has 0 atom stereocenters. The molecule has 130 valence electrons. The third kappa shape index (κ3) is 4.76. The normalized spacial score (nSPS) is 12.6. The summed E-state index contributed by atoms with van der Waals surface area (Å²) in [5.74, 6) is 2.39. The Bertz CT molecular complexity index is 811. The third-order valence-corrected chi connectivity index (χ3v) is 5.30. The van der Waals surface area contributed by atoms with Gasteiger partial charge in [-0.2, -0.15) is 5.10 Å². The van der Waals surface area contributed by atoms with E-state index < -0.39 is 0 Å². The summed E-state index contributed by atoms with van der Waals surface area (Å²) in [5, 5.41) is 4.01. The SMILES string of the molecule is Cc1ccccc1CSCC(=O)N/N=C/c1cc2c(cc1Br)OCO2. The van der Waals surface area contributed by atoms with Crippen LogP contribution in [0, 0.1) is 6.92 Å². The predicted octanol–water partition coefficient (Wildman–Crippen LogP) is 3.87. The number of hydrazone groups is 1. The van der Waals surface area contributed by atoms with Crippen LogP contribution in [0.25, 0.3) is 0 Å². The van der Waals surface area contributed by atoms with Gasteiger partial charge in [0.25, 0.3) is 0 Å². The van der Waals surface area contributed by atoms with Crippen LogP contribution in [0.1, 0.15) is 16.7 Å². The minimum atomic E-state index is -0.133. The molecular formula is C18H17BrN2O3S. The van der Waals surface area contributed by atoms with Gasteiger partial charge in [-0.25, -0.2) is 5.43 Å². The first-order valence-corrected chi connectivity index (χ1v) is 9.61. The van der Waals surface area contributed by atoms with E-state index in [1.807, 2.05) is 24.3 Å². The van der Waals surface area contributed by atoms with Gasteiger partial charge in [-0.15, -0.1) is 11.8 Å². The predicted molar refractivity (Wildman–Crippen MR) is 103 cm³/mol. The Morgan fingerprint density at radius 3 is 2.88 bits per heavy atom. The molecule has 1 heterocycles. The average molecular weight is 421 g/mol. The lowest BCUT2D eigenvalue weighted by atomic mass is 10.1. The van der Waals surface area contributed by atoms with Crippen molar-refractivity contribution >= 4 is 39.8 Å². The van der Waals surface area contributed by atoms with E-state index in [0.717, 1.165) is 15.8 Å². The highest BCUT2D eigenvalue weighted by Crippen LogP contribution is 2.36. The largest absolute Gasteiger partial charge is 0.454 e. The molecule has 5 nitrogen and oxygen atoms in total. The van der Waals surface area contributed by atoms with Gasteiger partial charge in [-0.1, -0.05) is 24.3 Å². The molecule has 0 radical (unpaired) electrons. The Labute approximate surface area is 158 Å². The maximum absolute atomic E-state index is 11.9. The molecule has 2 aromatic carbocycles. The minimum absolute atomic E-state index is 0.133. The number of benzene rings is 2. The molecule has 0 bridgehead atoms. The molecule has 2 aromatic rings. The molecule has 1 aliphatic rings. The van der Waals surface area contributed by atoms with Crippen LogP contribution in [0.15, 0.2) is 46.0 Å². The number of hydrogen-bond donors (Lipinski definition) is 1. The van der Waals surface area contributed by atoms with Crippen molar-refractivity contribution in [2.45, 2.75) is 12.7 Å². The quantitative estimate of drug-likeness (QED) is 0.568. The van der Waals surface area contributed by atoms with Crippen LogP contribution in [0.2, 0.25) is 0 Å².